The van der Waals surface area contributed by atoms with Gasteiger partial charge in [-0.25, -0.2) is 0 Å². The Bertz CT molecular complexity index is 162. The van der Waals surface area contributed by atoms with E-state index in [-0.39, 0.29) is 12.0 Å². The molecule has 0 fully saturated rings. The molecular weight excluding hydrogens is 150 g/mol. The molecule has 0 radical (unpaired) electrons. The van der Waals surface area contributed by atoms with E-state index in [1.165, 1.54) is 0 Å². The first-order valence-electron chi connectivity index (χ1n) is 4.60. The predicted molar refractivity (Wildman–Crippen MR) is 49.5 cm³/mol. The second-order valence-corrected chi connectivity index (χ2v) is 3.86. The first kappa shape index (κ1) is 11.4. The van der Waals surface area contributed by atoms with Crippen LogP contribution in [-0.2, 0) is 0 Å². The largest absolute Gasteiger partial charge is 0.396 e. The average molecular weight is 169 g/mol. The zero-order chi connectivity index (χ0) is 9.61. The maximum absolute atomic E-state index is 8.90. The molecule has 0 aliphatic carbocycles. The molecule has 0 rings (SSSR count). The van der Waals surface area contributed by atoms with Gasteiger partial charge < -0.3 is 5.11 Å². The van der Waals surface area contributed by atoms with E-state index in [0.717, 1.165) is 12.8 Å². The van der Waals surface area contributed by atoms with Crippen molar-refractivity contribution in [2.24, 2.45) is 11.3 Å². The Kier molecular flexibility index (Phi) is 4.92. The molecule has 0 aromatic carbocycles. The van der Waals surface area contributed by atoms with Gasteiger partial charge in [0, 0.05) is 6.61 Å². The topological polar surface area (TPSA) is 44.0 Å². The van der Waals surface area contributed by atoms with Crippen LogP contribution in [-0.4, -0.2) is 11.7 Å². The molecule has 0 saturated carbocycles. The van der Waals surface area contributed by atoms with Gasteiger partial charge in [0.15, 0.2) is 0 Å². The van der Waals surface area contributed by atoms with E-state index in [4.69, 9.17) is 10.4 Å². The van der Waals surface area contributed by atoms with Gasteiger partial charge in [0.05, 0.1) is 11.5 Å². The third kappa shape index (κ3) is 3.73. The van der Waals surface area contributed by atoms with E-state index in [9.17, 15) is 0 Å². The molecule has 2 nitrogen and oxygen atoms in total. The molecule has 0 aliphatic rings. The maximum atomic E-state index is 8.90. The van der Waals surface area contributed by atoms with Crippen molar-refractivity contribution in [1.82, 2.24) is 0 Å². The molecule has 70 valence electrons. The number of rotatable bonds is 5. The van der Waals surface area contributed by atoms with Crippen molar-refractivity contribution in [2.45, 2.75) is 40.0 Å². The normalized spacial score (nSPS) is 17.9. The molecule has 0 amide bonds. The smallest absolute Gasteiger partial charge is 0.0687 e. The monoisotopic (exact) mass is 169 g/mol. The van der Waals surface area contributed by atoms with Crippen molar-refractivity contribution in [3.63, 3.8) is 0 Å². The molecular formula is C10H19NO. The molecule has 0 aromatic heterocycles. The number of hydrogen-bond donors (Lipinski definition) is 1. The first-order chi connectivity index (χ1) is 5.58. The lowest BCUT2D eigenvalue weighted by atomic mass is 9.79. The second kappa shape index (κ2) is 5.16. The molecule has 0 aromatic rings. The van der Waals surface area contributed by atoms with Crippen LogP contribution in [0.1, 0.15) is 40.0 Å². The minimum Gasteiger partial charge on any atom is -0.396 e. The molecule has 0 aliphatic heterocycles. The van der Waals surface area contributed by atoms with E-state index < -0.39 is 0 Å². The van der Waals surface area contributed by atoms with Crippen LogP contribution >= 0.6 is 0 Å². The highest BCUT2D eigenvalue weighted by Crippen LogP contribution is 2.29. The van der Waals surface area contributed by atoms with Crippen LogP contribution in [0.4, 0.5) is 0 Å². The summed E-state index contributed by atoms with van der Waals surface area (Å²) in [5, 5.41) is 17.7. The van der Waals surface area contributed by atoms with Crippen molar-refractivity contribution in [1.29, 1.82) is 5.26 Å². The van der Waals surface area contributed by atoms with Gasteiger partial charge in [-0.1, -0.05) is 20.3 Å². The van der Waals surface area contributed by atoms with Crippen LogP contribution in [0.5, 0.6) is 0 Å². The fourth-order valence-corrected chi connectivity index (χ4v) is 1.36. The van der Waals surface area contributed by atoms with Crippen molar-refractivity contribution < 1.29 is 5.11 Å². The number of aliphatic hydroxyl groups is 1. The van der Waals surface area contributed by atoms with E-state index in [2.05, 4.69) is 19.9 Å². The Morgan fingerprint density at radius 2 is 2.17 bits per heavy atom. The van der Waals surface area contributed by atoms with Gasteiger partial charge in [0.2, 0.25) is 0 Å². The Labute approximate surface area is 75.2 Å². The first-order valence-corrected chi connectivity index (χ1v) is 4.60. The van der Waals surface area contributed by atoms with Crippen molar-refractivity contribution in [2.75, 3.05) is 6.61 Å². The summed E-state index contributed by atoms with van der Waals surface area (Å²) in [5.41, 5.74) is -0.329. The average Bonchev–Trinajstić information content (AvgIpc) is 2.05. The molecule has 0 heterocycles. The van der Waals surface area contributed by atoms with Crippen LogP contribution in [0, 0.1) is 22.7 Å². The summed E-state index contributed by atoms with van der Waals surface area (Å²) in [6, 6.07) is 2.28. The fraction of sp³-hybridized carbons (Fsp3) is 0.900. The Balaban J connectivity index is 4.06. The van der Waals surface area contributed by atoms with Crippen LogP contribution in [0.25, 0.3) is 0 Å². The quantitative estimate of drug-likeness (QED) is 0.686. The van der Waals surface area contributed by atoms with Gasteiger partial charge in [0.1, 0.15) is 0 Å². The van der Waals surface area contributed by atoms with E-state index in [0.29, 0.717) is 12.3 Å². The Hall–Kier alpha value is -0.550. The predicted octanol–water partition coefficient (Wildman–Crippen LogP) is 2.33. The zero-order valence-corrected chi connectivity index (χ0v) is 8.30. The molecule has 1 N–H and O–H groups in total. The van der Waals surface area contributed by atoms with Crippen molar-refractivity contribution in [3.05, 3.63) is 0 Å². The van der Waals surface area contributed by atoms with Gasteiger partial charge in [-0.05, 0) is 25.7 Å². The van der Waals surface area contributed by atoms with Gasteiger partial charge in [-0.3, -0.25) is 0 Å². The number of aliphatic hydroxyl groups excluding tert-OH is 1. The number of nitrogens with zero attached hydrogens (tertiary/aromatic N) is 1. The number of hydrogen-bond acceptors (Lipinski definition) is 2. The highest BCUT2D eigenvalue weighted by Gasteiger charge is 2.24. The number of nitriles is 1. The molecule has 2 heteroatoms. The molecule has 0 bridgehead atoms. The lowest BCUT2D eigenvalue weighted by Crippen LogP contribution is -2.19. The van der Waals surface area contributed by atoms with Crippen LogP contribution in [0.15, 0.2) is 0 Å². The van der Waals surface area contributed by atoms with Gasteiger partial charge >= 0.3 is 0 Å². The molecule has 2 unspecified atom stereocenters. The minimum atomic E-state index is -0.329. The SMILES string of the molecule is CCC(C)CC(C)(C#N)CCO. The standard InChI is InChI=1S/C10H19NO/c1-4-9(2)7-10(3,8-11)5-6-12/h9,12H,4-7H2,1-3H3. The molecule has 0 saturated heterocycles. The molecule has 2 atom stereocenters. The summed E-state index contributed by atoms with van der Waals surface area (Å²) < 4.78 is 0. The fourth-order valence-electron chi connectivity index (χ4n) is 1.36. The van der Waals surface area contributed by atoms with Crippen molar-refractivity contribution in [3.8, 4) is 6.07 Å². The lowest BCUT2D eigenvalue weighted by Gasteiger charge is -2.23. The van der Waals surface area contributed by atoms with E-state index >= 15 is 0 Å². The van der Waals surface area contributed by atoms with Crippen LogP contribution < -0.4 is 0 Å². The summed E-state index contributed by atoms with van der Waals surface area (Å²) in [6.07, 6.45) is 2.58. The minimum absolute atomic E-state index is 0.112. The summed E-state index contributed by atoms with van der Waals surface area (Å²) in [6.45, 7) is 6.31. The summed E-state index contributed by atoms with van der Waals surface area (Å²) >= 11 is 0. The van der Waals surface area contributed by atoms with Crippen molar-refractivity contribution >= 4 is 0 Å². The maximum Gasteiger partial charge on any atom is 0.0687 e. The Morgan fingerprint density at radius 3 is 2.50 bits per heavy atom. The van der Waals surface area contributed by atoms with Gasteiger partial charge in [-0.2, -0.15) is 5.26 Å². The highest BCUT2D eigenvalue weighted by atomic mass is 16.3. The molecule has 12 heavy (non-hydrogen) atoms. The molecule has 0 spiro atoms. The van der Waals surface area contributed by atoms with Crippen LogP contribution in [0.2, 0.25) is 0 Å². The summed E-state index contributed by atoms with van der Waals surface area (Å²) in [7, 11) is 0. The van der Waals surface area contributed by atoms with Gasteiger partial charge in [-0.15, -0.1) is 0 Å². The second-order valence-electron chi connectivity index (χ2n) is 3.86. The Morgan fingerprint density at radius 1 is 1.58 bits per heavy atom. The third-order valence-electron chi connectivity index (χ3n) is 2.43. The highest BCUT2D eigenvalue weighted by molar-refractivity contribution is 4.95. The summed E-state index contributed by atoms with van der Waals surface area (Å²) in [4.78, 5) is 0. The zero-order valence-electron chi connectivity index (χ0n) is 8.30. The lowest BCUT2D eigenvalue weighted by molar-refractivity contribution is 0.210. The summed E-state index contributed by atoms with van der Waals surface area (Å²) in [5.74, 6) is 0.571. The third-order valence-corrected chi connectivity index (χ3v) is 2.43. The van der Waals surface area contributed by atoms with E-state index in [1.807, 2.05) is 6.92 Å². The van der Waals surface area contributed by atoms with Gasteiger partial charge in [0.25, 0.3) is 0 Å². The van der Waals surface area contributed by atoms with E-state index in [1.54, 1.807) is 0 Å². The van der Waals surface area contributed by atoms with Crippen LogP contribution in [0.3, 0.4) is 0 Å².